The van der Waals surface area contributed by atoms with Gasteiger partial charge in [-0.2, -0.15) is 5.10 Å². The predicted octanol–water partition coefficient (Wildman–Crippen LogP) is 2.85. The minimum absolute atomic E-state index is 0.0380. The van der Waals surface area contributed by atoms with Gasteiger partial charge in [-0.25, -0.2) is 13.6 Å². The van der Waals surface area contributed by atoms with Crippen LogP contribution in [0.4, 0.5) is 0 Å². The Bertz CT molecular complexity index is 1070. The van der Waals surface area contributed by atoms with Crippen LogP contribution < -0.4 is 5.14 Å². The van der Waals surface area contributed by atoms with Crippen LogP contribution >= 0.6 is 0 Å². The summed E-state index contributed by atoms with van der Waals surface area (Å²) in [6.07, 6.45) is 1.71. The number of nitrogens with two attached hydrogens (primary N) is 1. The van der Waals surface area contributed by atoms with Crippen molar-refractivity contribution in [1.82, 2.24) is 9.78 Å². The quantitative estimate of drug-likeness (QED) is 0.640. The lowest BCUT2D eigenvalue weighted by atomic mass is 9.98. The first kappa shape index (κ1) is 19.0. The lowest BCUT2D eigenvalue weighted by molar-refractivity contribution is 0.270. The van der Waals surface area contributed by atoms with Gasteiger partial charge < -0.3 is 5.11 Å². The Morgan fingerprint density at radius 3 is 2.22 bits per heavy atom. The van der Waals surface area contributed by atoms with Crippen molar-refractivity contribution in [1.29, 1.82) is 0 Å². The van der Waals surface area contributed by atoms with Crippen LogP contribution in [0.3, 0.4) is 0 Å². The molecule has 3 aromatic rings. The third-order valence-electron chi connectivity index (χ3n) is 4.31. The fourth-order valence-corrected chi connectivity index (χ4v) is 3.47. The Labute approximate surface area is 158 Å². The van der Waals surface area contributed by atoms with Crippen molar-refractivity contribution in [2.45, 2.75) is 25.0 Å². The van der Waals surface area contributed by atoms with Crippen molar-refractivity contribution in [2.75, 3.05) is 0 Å². The van der Waals surface area contributed by atoms with Crippen LogP contribution in [0.15, 0.2) is 66.1 Å². The highest BCUT2D eigenvalue weighted by Gasteiger charge is 2.20. The van der Waals surface area contributed by atoms with Crippen molar-refractivity contribution in [2.24, 2.45) is 5.14 Å². The SMILES string of the molecule is C=CCn1nc(-c2ccc(S(N)(=O)=O)cc2)c(-c2ccc(C)cc2)c1CO. The smallest absolute Gasteiger partial charge is 0.238 e. The monoisotopic (exact) mass is 383 g/mol. The molecule has 3 N–H and O–H groups in total. The molecule has 0 saturated heterocycles. The lowest BCUT2D eigenvalue weighted by Crippen LogP contribution is -2.11. The Balaban J connectivity index is 2.22. The van der Waals surface area contributed by atoms with Crippen molar-refractivity contribution in [3.8, 4) is 22.4 Å². The van der Waals surface area contributed by atoms with E-state index in [1.165, 1.54) is 12.1 Å². The zero-order valence-corrected chi connectivity index (χ0v) is 15.8. The maximum Gasteiger partial charge on any atom is 0.238 e. The highest BCUT2D eigenvalue weighted by atomic mass is 32.2. The highest BCUT2D eigenvalue weighted by molar-refractivity contribution is 7.89. The number of hydrogen-bond donors (Lipinski definition) is 2. The number of aliphatic hydroxyl groups excluding tert-OH is 1. The van der Waals surface area contributed by atoms with Gasteiger partial charge in [-0.3, -0.25) is 4.68 Å². The van der Waals surface area contributed by atoms with Crippen LogP contribution in [-0.4, -0.2) is 23.3 Å². The van der Waals surface area contributed by atoms with Crippen LogP contribution in [0.2, 0.25) is 0 Å². The molecule has 0 amide bonds. The van der Waals surface area contributed by atoms with Crippen LogP contribution in [0.1, 0.15) is 11.3 Å². The number of hydrogen-bond acceptors (Lipinski definition) is 4. The summed E-state index contributed by atoms with van der Waals surface area (Å²) in [6, 6.07) is 14.2. The maximum absolute atomic E-state index is 11.5. The van der Waals surface area contributed by atoms with E-state index in [4.69, 9.17) is 5.14 Å². The van der Waals surface area contributed by atoms with E-state index < -0.39 is 10.0 Å². The van der Waals surface area contributed by atoms with Crippen molar-refractivity contribution in [3.05, 3.63) is 72.4 Å². The molecule has 27 heavy (non-hydrogen) atoms. The molecule has 0 bridgehead atoms. The largest absolute Gasteiger partial charge is 0.390 e. The molecule has 1 heterocycles. The molecule has 0 unspecified atom stereocenters. The molecule has 0 fully saturated rings. The fraction of sp³-hybridized carbons (Fsp3) is 0.150. The van der Waals surface area contributed by atoms with E-state index in [0.717, 1.165) is 22.3 Å². The van der Waals surface area contributed by atoms with E-state index in [1.807, 2.05) is 31.2 Å². The molecule has 0 aliphatic heterocycles. The Hall–Kier alpha value is -2.74. The molecular formula is C20H21N3O3S. The Morgan fingerprint density at radius 1 is 1.11 bits per heavy atom. The number of primary sulfonamides is 1. The van der Waals surface area contributed by atoms with E-state index >= 15 is 0 Å². The van der Waals surface area contributed by atoms with Gasteiger partial charge in [0.1, 0.15) is 5.69 Å². The van der Waals surface area contributed by atoms with Gasteiger partial charge in [-0.15, -0.1) is 6.58 Å². The molecule has 0 radical (unpaired) electrons. The van der Waals surface area contributed by atoms with Crippen molar-refractivity contribution < 1.29 is 13.5 Å². The summed E-state index contributed by atoms with van der Waals surface area (Å²) >= 11 is 0. The normalized spacial score (nSPS) is 11.5. The van der Waals surface area contributed by atoms with Crippen LogP contribution in [-0.2, 0) is 23.2 Å². The maximum atomic E-state index is 11.5. The fourth-order valence-electron chi connectivity index (χ4n) is 2.96. The number of aromatic nitrogens is 2. The molecule has 0 spiro atoms. The van der Waals surface area contributed by atoms with Gasteiger partial charge in [-0.05, 0) is 24.6 Å². The third kappa shape index (κ3) is 3.85. The van der Waals surface area contributed by atoms with Crippen molar-refractivity contribution in [3.63, 3.8) is 0 Å². The average Bonchev–Trinajstić information content (AvgIpc) is 3.00. The lowest BCUT2D eigenvalue weighted by Gasteiger charge is -2.07. The molecule has 0 aliphatic rings. The molecule has 0 aliphatic carbocycles. The highest BCUT2D eigenvalue weighted by Crippen LogP contribution is 2.35. The summed E-state index contributed by atoms with van der Waals surface area (Å²) in [5.74, 6) is 0. The molecule has 6 nitrogen and oxygen atoms in total. The molecular weight excluding hydrogens is 362 g/mol. The molecule has 2 aromatic carbocycles. The van der Waals surface area contributed by atoms with E-state index in [-0.39, 0.29) is 11.5 Å². The second kappa shape index (κ2) is 7.48. The average molecular weight is 383 g/mol. The van der Waals surface area contributed by atoms with Gasteiger partial charge in [0.15, 0.2) is 0 Å². The summed E-state index contributed by atoms with van der Waals surface area (Å²) in [4.78, 5) is 0.0380. The molecule has 140 valence electrons. The van der Waals surface area contributed by atoms with Gasteiger partial charge in [0.05, 0.1) is 23.7 Å². The summed E-state index contributed by atoms with van der Waals surface area (Å²) in [5.41, 5.74) is 4.92. The van der Waals surface area contributed by atoms with Crippen LogP contribution in [0, 0.1) is 6.92 Å². The van der Waals surface area contributed by atoms with Crippen molar-refractivity contribution >= 4 is 10.0 Å². The van der Waals surface area contributed by atoms with E-state index in [1.54, 1.807) is 22.9 Å². The molecule has 0 atom stereocenters. The zero-order valence-electron chi connectivity index (χ0n) is 15.0. The first-order chi connectivity index (χ1) is 12.8. The molecule has 1 aromatic heterocycles. The Morgan fingerprint density at radius 2 is 1.70 bits per heavy atom. The van der Waals surface area contributed by atoms with E-state index in [9.17, 15) is 13.5 Å². The second-order valence-corrected chi connectivity index (χ2v) is 7.80. The van der Waals surface area contributed by atoms with Crippen LogP contribution in [0.25, 0.3) is 22.4 Å². The summed E-state index contributed by atoms with van der Waals surface area (Å²) in [5, 5.41) is 19.8. The molecule has 7 heteroatoms. The second-order valence-electron chi connectivity index (χ2n) is 6.23. The minimum atomic E-state index is -3.76. The molecule has 0 saturated carbocycles. The Kier molecular flexibility index (Phi) is 5.27. The third-order valence-corrected chi connectivity index (χ3v) is 5.24. The first-order valence-electron chi connectivity index (χ1n) is 8.37. The van der Waals surface area contributed by atoms with E-state index in [2.05, 4.69) is 11.7 Å². The van der Waals surface area contributed by atoms with Gasteiger partial charge >= 0.3 is 0 Å². The van der Waals surface area contributed by atoms with Gasteiger partial charge in [-0.1, -0.05) is 48.0 Å². The summed E-state index contributed by atoms with van der Waals surface area (Å²) < 4.78 is 24.7. The molecule has 3 rings (SSSR count). The van der Waals surface area contributed by atoms with Crippen LogP contribution in [0.5, 0.6) is 0 Å². The number of sulfonamides is 1. The van der Waals surface area contributed by atoms with E-state index in [0.29, 0.717) is 17.9 Å². The minimum Gasteiger partial charge on any atom is -0.390 e. The predicted molar refractivity (Wildman–Crippen MR) is 105 cm³/mol. The standard InChI is InChI=1S/C20H21N3O3S/c1-3-12-23-18(13-24)19(15-6-4-14(2)5-7-15)20(22-23)16-8-10-17(11-9-16)27(21,25)26/h3-11,24H,1,12-13H2,2H3,(H2,21,25,26). The number of aliphatic hydroxyl groups is 1. The number of aryl methyl sites for hydroxylation is 1. The summed E-state index contributed by atoms with van der Waals surface area (Å²) in [6.45, 7) is 6.01. The first-order valence-corrected chi connectivity index (χ1v) is 9.91. The van der Waals surface area contributed by atoms with Gasteiger partial charge in [0, 0.05) is 11.1 Å². The van der Waals surface area contributed by atoms with Gasteiger partial charge in [0.2, 0.25) is 10.0 Å². The topological polar surface area (TPSA) is 98.2 Å². The summed E-state index contributed by atoms with van der Waals surface area (Å²) in [7, 11) is -3.76. The number of rotatable bonds is 6. The number of benzene rings is 2. The number of allylic oxidation sites excluding steroid dienone is 1. The number of nitrogens with zero attached hydrogens (tertiary/aromatic N) is 2. The zero-order chi connectivity index (χ0) is 19.6. The van der Waals surface area contributed by atoms with Gasteiger partial charge in [0.25, 0.3) is 0 Å².